The lowest BCUT2D eigenvalue weighted by molar-refractivity contribution is -0.116. The number of hydrogen-bond donors (Lipinski definition) is 1. The molecule has 2 amide bonds. The molecule has 0 bridgehead atoms. The maximum absolute atomic E-state index is 13.2. The Kier molecular flexibility index (Phi) is 5.30. The number of halogens is 2. The summed E-state index contributed by atoms with van der Waals surface area (Å²) in [6.45, 7) is 1.60. The third kappa shape index (κ3) is 3.96. The van der Waals surface area contributed by atoms with Crippen molar-refractivity contribution in [2.45, 2.75) is 17.7 Å². The van der Waals surface area contributed by atoms with Crippen LogP contribution in [0.1, 0.15) is 17.9 Å². The van der Waals surface area contributed by atoms with Crippen LogP contribution >= 0.6 is 23.4 Å². The number of rotatable bonds is 4. The van der Waals surface area contributed by atoms with Crippen LogP contribution in [0, 0.1) is 5.82 Å². The molecule has 7 heteroatoms. The van der Waals surface area contributed by atoms with E-state index in [1.54, 1.807) is 30.0 Å². The van der Waals surface area contributed by atoms with Gasteiger partial charge in [0, 0.05) is 11.4 Å². The van der Waals surface area contributed by atoms with Crippen molar-refractivity contribution in [1.29, 1.82) is 0 Å². The maximum Gasteiger partial charge on any atom is 0.242 e. The fourth-order valence-electron chi connectivity index (χ4n) is 2.56. The Morgan fingerprint density at radius 3 is 2.72 bits per heavy atom. The predicted molar refractivity (Wildman–Crippen MR) is 99.5 cm³/mol. The van der Waals surface area contributed by atoms with E-state index in [0.29, 0.717) is 17.1 Å². The van der Waals surface area contributed by atoms with Crippen molar-refractivity contribution in [3.05, 3.63) is 59.9 Å². The third-order valence-electron chi connectivity index (χ3n) is 3.77. The SMILES string of the molecule is C[C@H](Cl)C(=O)Nc1cccc([C@@H]2SCC(=O)N2c2ccc(F)cc2)c1. The number of carbonyl (C=O) groups is 2. The average Bonchev–Trinajstić information content (AvgIpc) is 2.97. The molecular formula is C18H16ClFN2O2S. The number of benzene rings is 2. The van der Waals surface area contributed by atoms with Crippen molar-refractivity contribution in [2.75, 3.05) is 16.0 Å². The van der Waals surface area contributed by atoms with Gasteiger partial charge in [-0.15, -0.1) is 23.4 Å². The molecule has 1 aliphatic heterocycles. The molecule has 0 radical (unpaired) electrons. The lowest BCUT2D eigenvalue weighted by atomic mass is 10.1. The van der Waals surface area contributed by atoms with Crippen molar-refractivity contribution in [1.82, 2.24) is 0 Å². The Morgan fingerprint density at radius 2 is 2.04 bits per heavy atom. The number of amides is 2. The average molecular weight is 379 g/mol. The highest BCUT2D eigenvalue weighted by atomic mass is 35.5. The number of carbonyl (C=O) groups excluding carboxylic acids is 2. The number of hydrogen-bond acceptors (Lipinski definition) is 3. The molecule has 1 fully saturated rings. The van der Waals surface area contributed by atoms with Crippen LogP contribution in [0.2, 0.25) is 0 Å². The van der Waals surface area contributed by atoms with Crippen molar-refractivity contribution >= 4 is 46.6 Å². The monoisotopic (exact) mass is 378 g/mol. The third-order valence-corrected chi connectivity index (χ3v) is 5.18. The normalized spacial score (nSPS) is 18.3. The highest BCUT2D eigenvalue weighted by Gasteiger charge is 2.34. The molecule has 1 aliphatic rings. The molecule has 25 heavy (non-hydrogen) atoms. The lowest BCUT2D eigenvalue weighted by Gasteiger charge is -2.24. The Balaban J connectivity index is 1.88. The molecule has 1 saturated heterocycles. The van der Waals surface area contributed by atoms with Crippen LogP contribution in [0.5, 0.6) is 0 Å². The van der Waals surface area contributed by atoms with Gasteiger partial charge in [0.1, 0.15) is 16.6 Å². The second-order valence-corrected chi connectivity index (χ2v) is 7.36. The largest absolute Gasteiger partial charge is 0.325 e. The molecule has 2 atom stereocenters. The maximum atomic E-state index is 13.2. The molecule has 0 spiro atoms. The number of alkyl halides is 1. The summed E-state index contributed by atoms with van der Waals surface area (Å²) in [5.41, 5.74) is 2.14. The number of thioether (sulfide) groups is 1. The molecule has 1 N–H and O–H groups in total. The van der Waals surface area contributed by atoms with Gasteiger partial charge in [0.2, 0.25) is 11.8 Å². The van der Waals surface area contributed by atoms with Crippen LogP contribution in [0.15, 0.2) is 48.5 Å². The predicted octanol–water partition coefficient (Wildman–Crippen LogP) is 4.17. The second kappa shape index (κ2) is 7.45. The molecule has 0 aromatic heterocycles. The van der Waals surface area contributed by atoms with Gasteiger partial charge < -0.3 is 5.32 Å². The van der Waals surface area contributed by atoms with Gasteiger partial charge in [-0.25, -0.2) is 4.39 Å². The quantitative estimate of drug-likeness (QED) is 0.812. The van der Waals surface area contributed by atoms with Crippen molar-refractivity contribution in [3.63, 3.8) is 0 Å². The first-order valence-corrected chi connectivity index (χ1v) is 9.18. The fourth-order valence-corrected chi connectivity index (χ4v) is 3.78. The first-order valence-electron chi connectivity index (χ1n) is 7.70. The van der Waals surface area contributed by atoms with Gasteiger partial charge in [0.05, 0.1) is 5.75 Å². The highest BCUT2D eigenvalue weighted by Crippen LogP contribution is 2.42. The van der Waals surface area contributed by atoms with Gasteiger partial charge in [0.25, 0.3) is 0 Å². The van der Waals surface area contributed by atoms with E-state index < -0.39 is 5.38 Å². The van der Waals surface area contributed by atoms with E-state index in [-0.39, 0.29) is 23.0 Å². The van der Waals surface area contributed by atoms with E-state index in [9.17, 15) is 14.0 Å². The Hall–Kier alpha value is -2.05. The minimum absolute atomic E-state index is 0.0366. The van der Waals surface area contributed by atoms with Crippen LogP contribution in [0.25, 0.3) is 0 Å². The minimum atomic E-state index is -0.637. The summed E-state index contributed by atoms with van der Waals surface area (Å²) >= 11 is 7.27. The van der Waals surface area contributed by atoms with Crippen LogP contribution in [0.4, 0.5) is 15.8 Å². The topological polar surface area (TPSA) is 49.4 Å². The molecule has 0 saturated carbocycles. The summed E-state index contributed by atoms with van der Waals surface area (Å²) in [5, 5.41) is 1.87. The van der Waals surface area contributed by atoms with Gasteiger partial charge in [-0.05, 0) is 48.9 Å². The minimum Gasteiger partial charge on any atom is -0.325 e. The molecule has 2 aromatic rings. The van der Waals surface area contributed by atoms with Gasteiger partial charge in [0.15, 0.2) is 0 Å². The smallest absolute Gasteiger partial charge is 0.242 e. The zero-order valence-corrected chi connectivity index (χ0v) is 15.0. The standard InChI is InChI=1S/C18H16ClFN2O2S/c1-11(19)17(24)21-14-4-2-3-12(9-14)18-22(16(23)10-25-18)15-7-5-13(20)6-8-15/h2-9,11,18H,10H2,1H3,(H,21,24)/t11-,18-/m0/s1. The van der Waals surface area contributed by atoms with Crippen LogP contribution in [0.3, 0.4) is 0 Å². The van der Waals surface area contributed by atoms with E-state index in [1.165, 1.54) is 23.9 Å². The molecule has 0 aliphatic carbocycles. The van der Waals surface area contributed by atoms with E-state index in [0.717, 1.165) is 5.56 Å². The van der Waals surface area contributed by atoms with Crippen LogP contribution < -0.4 is 10.2 Å². The van der Waals surface area contributed by atoms with E-state index in [4.69, 9.17) is 11.6 Å². The zero-order chi connectivity index (χ0) is 18.0. The molecule has 4 nitrogen and oxygen atoms in total. The van der Waals surface area contributed by atoms with Gasteiger partial charge in [-0.1, -0.05) is 12.1 Å². The van der Waals surface area contributed by atoms with E-state index in [2.05, 4.69) is 5.32 Å². The lowest BCUT2D eigenvalue weighted by Crippen LogP contribution is -2.28. The van der Waals surface area contributed by atoms with E-state index in [1.807, 2.05) is 18.2 Å². The van der Waals surface area contributed by atoms with Crippen LogP contribution in [-0.4, -0.2) is 22.9 Å². The second-order valence-electron chi connectivity index (χ2n) is 5.63. The fraction of sp³-hybridized carbons (Fsp3) is 0.222. The molecule has 1 heterocycles. The summed E-state index contributed by atoms with van der Waals surface area (Å²) in [6, 6.07) is 13.2. The van der Waals surface area contributed by atoms with Crippen molar-refractivity contribution in [3.8, 4) is 0 Å². The first kappa shape index (κ1) is 17.8. The van der Waals surface area contributed by atoms with Gasteiger partial charge in [-0.3, -0.25) is 14.5 Å². The molecule has 3 rings (SSSR count). The first-order chi connectivity index (χ1) is 12.0. The number of nitrogens with zero attached hydrogens (tertiary/aromatic N) is 1. The Bertz CT molecular complexity index is 798. The highest BCUT2D eigenvalue weighted by molar-refractivity contribution is 8.00. The van der Waals surface area contributed by atoms with Gasteiger partial charge >= 0.3 is 0 Å². The Labute approximate surface area is 154 Å². The molecule has 0 unspecified atom stereocenters. The van der Waals surface area contributed by atoms with E-state index >= 15 is 0 Å². The molecular weight excluding hydrogens is 363 g/mol. The van der Waals surface area contributed by atoms with Crippen molar-refractivity contribution in [2.24, 2.45) is 0 Å². The zero-order valence-electron chi connectivity index (χ0n) is 13.4. The summed E-state index contributed by atoms with van der Waals surface area (Å²) in [5.74, 6) is -0.327. The Morgan fingerprint density at radius 1 is 1.32 bits per heavy atom. The summed E-state index contributed by atoms with van der Waals surface area (Å²) < 4.78 is 13.2. The summed E-state index contributed by atoms with van der Waals surface area (Å²) in [4.78, 5) is 25.7. The van der Waals surface area contributed by atoms with Gasteiger partial charge in [-0.2, -0.15) is 0 Å². The molecule has 2 aromatic carbocycles. The summed E-state index contributed by atoms with van der Waals surface area (Å²) in [6.07, 6.45) is 0. The molecule has 130 valence electrons. The van der Waals surface area contributed by atoms with Crippen LogP contribution in [-0.2, 0) is 9.59 Å². The van der Waals surface area contributed by atoms with Crippen molar-refractivity contribution < 1.29 is 14.0 Å². The summed E-state index contributed by atoms with van der Waals surface area (Å²) in [7, 11) is 0. The number of nitrogens with one attached hydrogen (secondary N) is 1. The number of anilines is 2.